The quantitative estimate of drug-likeness (QED) is 0.118. The molecule has 2 rings (SSSR count). The van der Waals surface area contributed by atoms with Crippen molar-refractivity contribution in [1.82, 2.24) is 20.9 Å². The maximum atomic E-state index is 5.55. The molecule has 1 heterocycles. The van der Waals surface area contributed by atoms with Crippen LogP contribution in [0.2, 0.25) is 0 Å². The highest BCUT2D eigenvalue weighted by Gasteiger charge is 2.09. The maximum Gasteiger partial charge on any atom is 0.0702 e. The number of nitrogens with zero attached hydrogens (tertiary/aromatic N) is 1. The van der Waals surface area contributed by atoms with Crippen LogP contribution in [0.4, 0.5) is 0 Å². The van der Waals surface area contributed by atoms with Gasteiger partial charge in [-0.25, -0.2) is 0 Å². The predicted molar refractivity (Wildman–Crippen MR) is 183 cm³/mol. The van der Waals surface area contributed by atoms with Gasteiger partial charge in [-0.1, -0.05) is 65.6 Å². The molecule has 0 aliphatic carbocycles. The van der Waals surface area contributed by atoms with E-state index in [1.165, 1.54) is 18.0 Å². The van der Waals surface area contributed by atoms with Crippen LogP contribution < -0.4 is 33.2 Å². The Morgan fingerprint density at radius 3 is 2.25 bits per heavy atom. The molecular formula is C31H58N8S. The molecular weight excluding hydrogens is 516 g/mol. The average molecular weight is 575 g/mol. The van der Waals surface area contributed by atoms with Crippen molar-refractivity contribution >= 4 is 30.2 Å². The molecule has 0 saturated carbocycles. The molecule has 1 aromatic heterocycles. The molecule has 0 fully saturated rings. The Labute approximate surface area is 250 Å². The van der Waals surface area contributed by atoms with Gasteiger partial charge in [0.05, 0.1) is 5.52 Å². The van der Waals surface area contributed by atoms with Crippen LogP contribution in [0.5, 0.6) is 0 Å². The van der Waals surface area contributed by atoms with Crippen LogP contribution in [-0.4, -0.2) is 49.7 Å². The fourth-order valence-electron chi connectivity index (χ4n) is 3.10. The summed E-state index contributed by atoms with van der Waals surface area (Å²) >= 11 is 4.36. The number of thiol groups is 1. The molecule has 2 aromatic rings. The third kappa shape index (κ3) is 26.7. The summed E-state index contributed by atoms with van der Waals surface area (Å²) in [4.78, 5) is 4.36. The summed E-state index contributed by atoms with van der Waals surface area (Å²) in [6.45, 7) is 25.3. The first kappa shape index (κ1) is 41.6. The number of hydrogen-bond acceptors (Lipinski definition) is 9. The number of fused-ring (bicyclic) bond motifs is 1. The number of benzene rings is 1. The van der Waals surface area contributed by atoms with E-state index < -0.39 is 0 Å². The molecule has 0 bridgehead atoms. The Bertz CT molecular complexity index is 899. The van der Waals surface area contributed by atoms with Crippen molar-refractivity contribution in [2.24, 2.45) is 23.1 Å². The molecule has 0 amide bonds. The standard InChI is InChI=1S/C13H28N4S.C12H12N2.C4H10.CH5N.CH3N/c1-10(15)8-16-9-13(5-4-6-14)17-11(2)7-12(3)18;1-2-13-8-10-7-11-5-3-4-6-12(11)14-9-10;1-4(2)3;2*1-2/h12-13,16-18H,1-2,4-9,14-15H2,3H3;2-7,9,13H,1,8H2;4H,1-3H3;2H2,1H3;2H,1H2. The largest absolute Gasteiger partial charge is 0.401 e. The van der Waals surface area contributed by atoms with E-state index in [2.05, 4.69) is 106 Å². The van der Waals surface area contributed by atoms with Crippen molar-refractivity contribution < 1.29 is 0 Å². The molecule has 2 atom stereocenters. The van der Waals surface area contributed by atoms with Crippen molar-refractivity contribution in [1.29, 1.82) is 5.41 Å². The first-order valence-corrected chi connectivity index (χ1v) is 14.2. The molecule has 1 aromatic carbocycles. The Morgan fingerprint density at radius 2 is 1.73 bits per heavy atom. The molecule has 0 aliphatic rings. The van der Waals surface area contributed by atoms with Gasteiger partial charge < -0.3 is 38.6 Å². The van der Waals surface area contributed by atoms with E-state index >= 15 is 0 Å². The van der Waals surface area contributed by atoms with Crippen molar-refractivity contribution in [3.8, 4) is 0 Å². The van der Waals surface area contributed by atoms with E-state index in [0.29, 0.717) is 30.1 Å². The summed E-state index contributed by atoms with van der Waals surface area (Å²) in [6, 6.07) is 10.6. The molecule has 0 aliphatic heterocycles. The van der Waals surface area contributed by atoms with E-state index in [0.717, 1.165) is 49.5 Å². The van der Waals surface area contributed by atoms with Gasteiger partial charge in [0.25, 0.3) is 0 Å². The Morgan fingerprint density at radius 1 is 1.12 bits per heavy atom. The number of aromatic nitrogens is 1. The highest BCUT2D eigenvalue weighted by atomic mass is 32.1. The molecule has 2 unspecified atom stereocenters. The second-order valence-electron chi connectivity index (χ2n) is 9.57. The van der Waals surface area contributed by atoms with Crippen molar-refractivity contribution in [2.45, 2.75) is 64.8 Å². The van der Waals surface area contributed by atoms with Crippen LogP contribution in [-0.2, 0) is 6.54 Å². The Hall–Kier alpha value is -2.85. The fraction of sp³-hybridized carbons (Fsp3) is 0.484. The summed E-state index contributed by atoms with van der Waals surface area (Å²) in [7, 11) is 1.50. The highest BCUT2D eigenvalue weighted by Crippen LogP contribution is 2.12. The van der Waals surface area contributed by atoms with E-state index in [9.17, 15) is 0 Å². The van der Waals surface area contributed by atoms with Gasteiger partial charge in [-0.15, -0.1) is 0 Å². The summed E-state index contributed by atoms with van der Waals surface area (Å²) < 4.78 is 0. The molecule has 0 radical (unpaired) electrons. The number of allylic oxidation sites excluding steroid dienone is 1. The lowest BCUT2D eigenvalue weighted by atomic mass is 10.1. The van der Waals surface area contributed by atoms with Gasteiger partial charge in [-0.05, 0) is 69.4 Å². The summed E-state index contributed by atoms with van der Waals surface area (Å²) in [6.07, 6.45) is 6.45. The molecule has 0 spiro atoms. The third-order valence-corrected chi connectivity index (χ3v) is 4.73. The van der Waals surface area contributed by atoms with Crippen LogP contribution in [0.15, 0.2) is 73.9 Å². The lowest BCUT2D eigenvalue weighted by Gasteiger charge is -2.22. The number of hydrogen-bond donors (Lipinski definition) is 8. The number of pyridine rings is 1. The minimum absolute atomic E-state index is 0.317. The van der Waals surface area contributed by atoms with Gasteiger partial charge in [0.2, 0.25) is 0 Å². The lowest BCUT2D eigenvalue weighted by Crippen LogP contribution is -2.39. The summed E-state index contributed by atoms with van der Waals surface area (Å²) in [5.74, 6) is 0.833. The van der Waals surface area contributed by atoms with Crippen molar-refractivity contribution in [2.75, 3.05) is 26.7 Å². The smallest absolute Gasteiger partial charge is 0.0702 e. The van der Waals surface area contributed by atoms with Gasteiger partial charge in [0, 0.05) is 53.9 Å². The second-order valence-corrected chi connectivity index (χ2v) is 10.5. The highest BCUT2D eigenvalue weighted by molar-refractivity contribution is 7.80. The molecule has 0 saturated heterocycles. The molecule has 40 heavy (non-hydrogen) atoms. The second kappa shape index (κ2) is 29.1. The zero-order valence-corrected chi connectivity index (χ0v) is 26.6. The van der Waals surface area contributed by atoms with Crippen LogP contribution in [0.3, 0.4) is 0 Å². The molecule has 228 valence electrons. The Kier molecular flexibility index (Phi) is 30.3. The van der Waals surface area contributed by atoms with Crippen molar-refractivity contribution in [3.05, 3.63) is 79.4 Å². The van der Waals surface area contributed by atoms with Crippen molar-refractivity contribution in [3.63, 3.8) is 0 Å². The van der Waals surface area contributed by atoms with E-state index in [1.807, 2.05) is 24.4 Å². The van der Waals surface area contributed by atoms with Crippen LogP contribution in [0.1, 0.15) is 52.5 Å². The first-order chi connectivity index (χ1) is 19.1. The number of rotatable bonds is 14. The summed E-state index contributed by atoms with van der Waals surface area (Å²) in [5.41, 5.74) is 19.4. The van der Waals surface area contributed by atoms with Crippen LogP contribution >= 0.6 is 12.6 Å². The molecule has 8 nitrogen and oxygen atoms in total. The van der Waals surface area contributed by atoms with Gasteiger partial charge in [-0.2, -0.15) is 12.6 Å². The van der Waals surface area contributed by atoms with E-state index in [-0.39, 0.29) is 0 Å². The summed E-state index contributed by atoms with van der Waals surface area (Å²) in [5, 5.41) is 16.7. The van der Waals surface area contributed by atoms with Crippen LogP contribution in [0, 0.1) is 11.3 Å². The first-order valence-electron chi connectivity index (χ1n) is 13.7. The average Bonchev–Trinajstić information content (AvgIpc) is 2.92. The molecule has 9 heteroatoms. The third-order valence-electron chi connectivity index (χ3n) is 4.55. The number of nitrogens with one attached hydrogen (secondary N) is 4. The van der Waals surface area contributed by atoms with Gasteiger partial charge in [0.1, 0.15) is 0 Å². The van der Waals surface area contributed by atoms with Gasteiger partial charge >= 0.3 is 0 Å². The predicted octanol–water partition coefficient (Wildman–Crippen LogP) is 4.94. The minimum atomic E-state index is 0.317. The van der Waals surface area contributed by atoms with E-state index in [1.54, 1.807) is 6.20 Å². The normalized spacial score (nSPS) is 10.9. The minimum Gasteiger partial charge on any atom is -0.401 e. The topological polar surface area (TPSA) is 151 Å². The number of nitrogens with two attached hydrogens (primary N) is 3. The van der Waals surface area contributed by atoms with Gasteiger partial charge in [0.15, 0.2) is 0 Å². The van der Waals surface area contributed by atoms with Crippen LogP contribution in [0.25, 0.3) is 10.9 Å². The SMILES string of the molecule is C=C(N)CNCC(CCCN)NC(=C)CC(C)S.C=CNCc1cnc2ccccc2c1.C=N.CC(C)C.CN. The number of para-hydroxylation sites is 1. The fourth-order valence-corrected chi connectivity index (χ4v) is 3.32. The Balaban J connectivity index is -0.000000550. The van der Waals surface area contributed by atoms with E-state index in [4.69, 9.17) is 16.9 Å². The maximum absolute atomic E-state index is 5.55. The molecule has 10 N–H and O–H groups in total. The lowest BCUT2D eigenvalue weighted by molar-refractivity contribution is 0.474. The van der Waals surface area contributed by atoms with Gasteiger partial charge in [-0.3, -0.25) is 4.98 Å². The zero-order valence-electron chi connectivity index (χ0n) is 25.7. The zero-order chi connectivity index (χ0) is 31.3. The monoisotopic (exact) mass is 574 g/mol.